The second-order valence-corrected chi connectivity index (χ2v) is 12.5. The van der Waals surface area contributed by atoms with Crippen molar-refractivity contribution in [3.05, 3.63) is 11.6 Å². The zero-order valence-corrected chi connectivity index (χ0v) is 20.2. The van der Waals surface area contributed by atoms with E-state index in [2.05, 4.69) is 20.8 Å². The summed E-state index contributed by atoms with van der Waals surface area (Å²) in [5.74, 6) is 1.20. The molecule has 0 heterocycles. The molecule has 0 spiro atoms. The van der Waals surface area contributed by atoms with Gasteiger partial charge in [-0.05, 0) is 87.2 Å². The van der Waals surface area contributed by atoms with Gasteiger partial charge >= 0.3 is 0 Å². The Balaban J connectivity index is 1.59. The number of hydrogen-bond donors (Lipinski definition) is 2. The van der Waals surface area contributed by atoms with Crippen LogP contribution in [0.5, 0.6) is 0 Å². The average Bonchev–Trinajstić information content (AvgIpc) is 2.94. The molecule has 7 unspecified atom stereocenters. The Morgan fingerprint density at radius 1 is 1.13 bits per heavy atom. The van der Waals surface area contributed by atoms with Gasteiger partial charge in [0, 0.05) is 24.2 Å². The first-order valence-corrected chi connectivity index (χ1v) is 12.5. The van der Waals surface area contributed by atoms with E-state index in [1.54, 1.807) is 6.08 Å². The molecule has 0 aromatic heterocycles. The van der Waals surface area contributed by atoms with Crippen molar-refractivity contribution in [2.45, 2.75) is 110 Å². The van der Waals surface area contributed by atoms with Gasteiger partial charge in [-0.1, -0.05) is 33.6 Å². The summed E-state index contributed by atoms with van der Waals surface area (Å²) < 4.78 is 0. The lowest BCUT2D eigenvalue weighted by atomic mass is 9.46. The van der Waals surface area contributed by atoms with Gasteiger partial charge in [-0.2, -0.15) is 0 Å². The number of aliphatic hydroxyl groups is 2. The third-order valence-corrected chi connectivity index (χ3v) is 10.1. The summed E-state index contributed by atoms with van der Waals surface area (Å²) >= 11 is 0. The number of allylic oxidation sites excluding steroid dienone is 1. The largest absolute Gasteiger partial charge is 0.390 e. The lowest BCUT2D eigenvalue weighted by molar-refractivity contribution is -0.144. The number of carbonyl (C=O) groups excluding carboxylic acids is 2. The van der Waals surface area contributed by atoms with Gasteiger partial charge in [-0.15, -0.1) is 0 Å². The Bertz CT molecular complexity index is 792. The van der Waals surface area contributed by atoms with E-state index in [1.165, 1.54) is 0 Å². The van der Waals surface area contributed by atoms with Crippen LogP contribution in [-0.2, 0) is 9.59 Å². The Morgan fingerprint density at radius 2 is 1.84 bits per heavy atom. The molecule has 4 aliphatic rings. The van der Waals surface area contributed by atoms with Crippen molar-refractivity contribution in [1.29, 1.82) is 0 Å². The highest BCUT2D eigenvalue weighted by atomic mass is 16.3. The highest BCUT2D eigenvalue weighted by Crippen LogP contribution is 2.68. The Hall–Kier alpha value is -1.00. The van der Waals surface area contributed by atoms with E-state index < -0.39 is 11.2 Å². The molecule has 3 saturated carbocycles. The van der Waals surface area contributed by atoms with E-state index in [1.807, 2.05) is 13.8 Å². The first-order valence-electron chi connectivity index (χ1n) is 12.5. The Labute approximate surface area is 187 Å². The fourth-order valence-electron chi connectivity index (χ4n) is 8.15. The minimum Gasteiger partial charge on any atom is -0.390 e. The van der Waals surface area contributed by atoms with Crippen LogP contribution in [0.3, 0.4) is 0 Å². The van der Waals surface area contributed by atoms with Crippen molar-refractivity contribution in [3.8, 4) is 0 Å². The van der Waals surface area contributed by atoms with Crippen LogP contribution in [0.15, 0.2) is 11.6 Å². The lowest BCUT2D eigenvalue weighted by Crippen LogP contribution is -2.59. The first kappa shape index (κ1) is 23.2. The van der Waals surface area contributed by atoms with E-state index in [0.717, 1.165) is 56.9 Å². The van der Waals surface area contributed by atoms with Gasteiger partial charge < -0.3 is 10.2 Å². The quantitative estimate of drug-likeness (QED) is 0.643. The summed E-state index contributed by atoms with van der Waals surface area (Å²) in [6.07, 6.45) is 10.1. The van der Waals surface area contributed by atoms with Gasteiger partial charge in [0.05, 0.1) is 11.2 Å². The SMILES string of the molecule is CC(CCCC(C)(C)O)C1CCC2(O)C3=CC(=O)C4CC(=O)CCC4(C)C3CCC12C. The van der Waals surface area contributed by atoms with Crippen LogP contribution in [0.25, 0.3) is 0 Å². The van der Waals surface area contributed by atoms with E-state index in [9.17, 15) is 19.8 Å². The maximum absolute atomic E-state index is 13.2. The summed E-state index contributed by atoms with van der Waals surface area (Å²) in [5, 5.41) is 22.3. The standard InChI is InChI=1S/C27H42O4/c1-17(7-6-11-24(2,3)30)19-10-14-27(31)21-16-23(29)22-15-18(28)8-12-25(22,4)20(21)9-13-26(19,27)5/h16-17,19-20,22,30-31H,6-15H2,1-5H3. The molecule has 3 fully saturated rings. The summed E-state index contributed by atoms with van der Waals surface area (Å²) in [7, 11) is 0. The predicted octanol–water partition coefficient (Wildman–Crippen LogP) is 5.01. The molecule has 0 aromatic rings. The van der Waals surface area contributed by atoms with E-state index in [4.69, 9.17) is 0 Å². The van der Waals surface area contributed by atoms with Gasteiger partial charge in [0.2, 0.25) is 0 Å². The lowest BCUT2D eigenvalue weighted by Gasteiger charge is -2.59. The topological polar surface area (TPSA) is 74.6 Å². The smallest absolute Gasteiger partial charge is 0.159 e. The normalized spacial score (nSPS) is 43.7. The van der Waals surface area contributed by atoms with Crippen LogP contribution in [0.4, 0.5) is 0 Å². The maximum Gasteiger partial charge on any atom is 0.159 e. The fraction of sp³-hybridized carbons (Fsp3) is 0.852. The molecule has 4 nitrogen and oxygen atoms in total. The van der Waals surface area contributed by atoms with Crippen LogP contribution in [0.2, 0.25) is 0 Å². The highest BCUT2D eigenvalue weighted by Gasteiger charge is 2.66. The molecule has 0 bridgehead atoms. The van der Waals surface area contributed by atoms with Gasteiger partial charge in [-0.3, -0.25) is 9.59 Å². The van der Waals surface area contributed by atoms with Crippen molar-refractivity contribution in [1.82, 2.24) is 0 Å². The molecule has 0 saturated heterocycles. The van der Waals surface area contributed by atoms with Gasteiger partial charge in [0.15, 0.2) is 5.78 Å². The van der Waals surface area contributed by atoms with E-state index in [-0.39, 0.29) is 34.2 Å². The zero-order valence-electron chi connectivity index (χ0n) is 20.2. The second kappa shape index (κ2) is 7.52. The highest BCUT2D eigenvalue weighted by molar-refractivity contribution is 5.98. The monoisotopic (exact) mass is 430 g/mol. The Kier molecular flexibility index (Phi) is 5.62. The van der Waals surface area contributed by atoms with Crippen LogP contribution in [-0.4, -0.2) is 33.0 Å². The minimum absolute atomic E-state index is 0.0705. The molecule has 31 heavy (non-hydrogen) atoms. The number of ketones is 2. The minimum atomic E-state index is -0.907. The molecule has 2 N–H and O–H groups in total. The first-order chi connectivity index (χ1) is 14.3. The average molecular weight is 431 g/mol. The molecule has 0 aromatic carbocycles. The summed E-state index contributed by atoms with van der Waals surface area (Å²) in [6, 6.07) is 0. The molecule has 174 valence electrons. The van der Waals surface area contributed by atoms with Crippen LogP contribution in [0.1, 0.15) is 98.8 Å². The fourth-order valence-corrected chi connectivity index (χ4v) is 8.15. The maximum atomic E-state index is 13.2. The van der Waals surface area contributed by atoms with Crippen molar-refractivity contribution in [2.75, 3.05) is 0 Å². The number of Topliss-reactive ketones (excluding diaryl/α,β-unsaturated/α-hetero) is 1. The third-order valence-electron chi connectivity index (χ3n) is 10.1. The van der Waals surface area contributed by atoms with Crippen LogP contribution >= 0.6 is 0 Å². The number of rotatable bonds is 5. The molecular weight excluding hydrogens is 388 g/mol. The molecule has 4 rings (SSSR count). The molecule has 4 heteroatoms. The van der Waals surface area contributed by atoms with Gasteiger partial charge in [-0.25, -0.2) is 0 Å². The number of hydrogen-bond acceptors (Lipinski definition) is 4. The predicted molar refractivity (Wildman–Crippen MR) is 121 cm³/mol. The second-order valence-electron chi connectivity index (χ2n) is 12.5. The van der Waals surface area contributed by atoms with Crippen molar-refractivity contribution < 1.29 is 19.8 Å². The van der Waals surface area contributed by atoms with E-state index >= 15 is 0 Å². The summed E-state index contributed by atoms with van der Waals surface area (Å²) in [6.45, 7) is 10.5. The van der Waals surface area contributed by atoms with Crippen molar-refractivity contribution in [3.63, 3.8) is 0 Å². The Morgan fingerprint density at radius 3 is 2.52 bits per heavy atom. The number of fused-ring (bicyclic) bond motifs is 5. The molecule has 0 aliphatic heterocycles. The third kappa shape index (κ3) is 3.57. The van der Waals surface area contributed by atoms with E-state index in [0.29, 0.717) is 24.7 Å². The molecule has 0 amide bonds. The molecule has 0 radical (unpaired) electrons. The van der Waals surface area contributed by atoms with Crippen LogP contribution in [0, 0.1) is 34.5 Å². The van der Waals surface area contributed by atoms with Crippen molar-refractivity contribution in [2.24, 2.45) is 34.5 Å². The van der Waals surface area contributed by atoms with Gasteiger partial charge in [0.1, 0.15) is 5.78 Å². The van der Waals surface area contributed by atoms with Crippen LogP contribution < -0.4 is 0 Å². The summed E-state index contributed by atoms with van der Waals surface area (Å²) in [4.78, 5) is 25.2. The number of carbonyl (C=O) groups is 2. The molecule has 7 atom stereocenters. The zero-order chi connectivity index (χ0) is 22.8. The van der Waals surface area contributed by atoms with Gasteiger partial charge in [0.25, 0.3) is 0 Å². The molecule has 4 aliphatic carbocycles. The molecular formula is C27H42O4. The van der Waals surface area contributed by atoms with Crippen molar-refractivity contribution >= 4 is 11.6 Å². The summed E-state index contributed by atoms with van der Waals surface area (Å²) in [5.41, 5.74) is -0.944.